The predicted octanol–water partition coefficient (Wildman–Crippen LogP) is 5.61. The second-order valence-corrected chi connectivity index (χ2v) is 9.14. The van der Waals surface area contributed by atoms with Crippen molar-refractivity contribution in [1.29, 1.82) is 5.26 Å². The van der Waals surface area contributed by atoms with E-state index >= 15 is 0 Å². The Labute approximate surface area is 205 Å². The van der Waals surface area contributed by atoms with Crippen molar-refractivity contribution in [1.82, 2.24) is 19.7 Å². The van der Waals surface area contributed by atoms with Gasteiger partial charge in [0, 0.05) is 45.1 Å². The molecule has 0 amide bonds. The number of hydrogen-bond donors (Lipinski definition) is 2. The van der Waals surface area contributed by atoms with Crippen molar-refractivity contribution in [2.24, 2.45) is 0 Å². The van der Waals surface area contributed by atoms with E-state index in [9.17, 15) is 19.6 Å². The smallest absolute Gasteiger partial charge is 0.354 e. The molecule has 3 heterocycles. The molecule has 5 aromatic rings. The van der Waals surface area contributed by atoms with Crippen molar-refractivity contribution in [3.8, 4) is 28.8 Å². The van der Waals surface area contributed by atoms with Crippen molar-refractivity contribution < 1.29 is 19.0 Å². The van der Waals surface area contributed by atoms with Crippen LogP contribution in [0.3, 0.4) is 0 Å². The fourth-order valence-electron chi connectivity index (χ4n) is 4.68. The van der Waals surface area contributed by atoms with Crippen LogP contribution in [0.1, 0.15) is 36.5 Å². The minimum atomic E-state index is -1.17. The third kappa shape index (κ3) is 3.64. The molecular formula is C27H22FN5O3. The quantitative estimate of drug-likeness (QED) is 0.324. The number of nitriles is 1. The summed E-state index contributed by atoms with van der Waals surface area (Å²) < 4.78 is 21.4. The van der Waals surface area contributed by atoms with Gasteiger partial charge in [-0.2, -0.15) is 10.4 Å². The Balaban J connectivity index is 1.99. The number of benzene rings is 2. The summed E-state index contributed by atoms with van der Waals surface area (Å²) in [6.45, 7) is 3.93. The number of aromatic amines is 1. The molecule has 5 rings (SSSR count). The second-order valence-electron chi connectivity index (χ2n) is 9.14. The largest absolute Gasteiger partial charge is 0.481 e. The molecule has 2 N–H and O–H groups in total. The highest BCUT2D eigenvalue weighted by molar-refractivity contribution is 6.06. The van der Waals surface area contributed by atoms with Gasteiger partial charge in [0.25, 0.3) is 0 Å². The highest BCUT2D eigenvalue weighted by atomic mass is 19.1. The first-order valence-electron chi connectivity index (χ1n) is 11.2. The molecule has 36 heavy (non-hydrogen) atoms. The summed E-state index contributed by atoms with van der Waals surface area (Å²) in [6.07, 6.45) is 1.92. The van der Waals surface area contributed by atoms with Crippen LogP contribution in [0.15, 0.2) is 54.7 Å². The van der Waals surface area contributed by atoms with Crippen molar-refractivity contribution in [2.75, 3.05) is 7.11 Å². The summed E-state index contributed by atoms with van der Waals surface area (Å²) in [5.74, 6) is -1.38. The van der Waals surface area contributed by atoms with Crippen LogP contribution < -0.4 is 4.74 Å². The van der Waals surface area contributed by atoms with Crippen molar-refractivity contribution in [2.45, 2.75) is 25.7 Å². The summed E-state index contributed by atoms with van der Waals surface area (Å²) in [7, 11) is 1.43. The Bertz CT molecular complexity index is 1680. The molecule has 0 radical (unpaired) electrons. The number of ether oxygens (including phenoxy) is 1. The van der Waals surface area contributed by atoms with Crippen LogP contribution in [0, 0.1) is 17.1 Å². The zero-order valence-electron chi connectivity index (χ0n) is 19.8. The van der Waals surface area contributed by atoms with Crippen molar-refractivity contribution >= 4 is 27.8 Å². The van der Waals surface area contributed by atoms with Crippen molar-refractivity contribution in [3.63, 3.8) is 0 Å². The molecule has 0 saturated carbocycles. The van der Waals surface area contributed by atoms with Crippen LogP contribution in [0.4, 0.5) is 4.39 Å². The first kappa shape index (κ1) is 23.1. The van der Waals surface area contributed by atoms with E-state index in [0.717, 1.165) is 33.1 Å². The number of nitrogens with one attached hydrogen (secondary N) is 1. The summed E-state index contributed by atoms with van der Waals surface area (Å²) >= 11 is 0. The van der Waals surface area contributed by atoms with Gasteiger partial charge in [0.2, 0.25) is 5.88 Å². The van der Waals surface area contributed by atoms with Gasteiger partial charge < -0.3 is 14.4 Å². The lowest BCUT2D eigenvalue weighted by Crippen LogP contribution is -2.22. The molecule has 0 aliphatic carbocycles. The molecule has 180 valence electrons. The Hall–Kier alpha value is -4.71. The topological polar surface area (TPSA) is 117 Å². The number of nitrogens with zero attached hydrogens (tertiary/aromatic N) is 4. The fraction of sp³-hybridized carbons (Fsp3) is 0.185. The molecule has 0 aliphatic rings. The number of H-pyrrole nitrogens is 1. The highest BCUT2D eigenvalue weighted by Crippen LogP contribution is 2.47. The first-order chi connectivity index (χ1) is 17.2. The lowest BCUT2D eigenvalue weighted by molar-refractivity contribution is 0.0689. The van der Waals surface area contributed by atoms with E-state index in [-0.39, 0.29) is 23.8 Å². The molecular weight excluding hydrogens is 461 g/mol. The van der Waals surface area contributed by atoms with E-state index in [4.69, 9.17) is 4.74 Å². The Morgan fingerprint density at radius 3 is 2.64 bits per heavy atom. The number of pyridine rings is 1. The number of carboxylic acids is 1. The lowest BCUT2D eigenvalue weighted by atomic mass is 9.82. The molecule has 2 aromatic carbocycles. The molecule has 0 saturated heterocycles. The molecule has 0 fully saturated rings. The maximum absolute atomic E-state index is 13.9. The molecule has 0 aliphatic heterocycles. The summed E-state index contributed by atoms with van der Waals surface area (Å²) in [4.78, 5) is 15.8. The van der Waals surface area contributed by atoms with Gasteiger partial charge in [-0.1, -0.05) is 13.8 Å². The van der Waals surface area contributed by atoms with Crippen LogP contribution in [0.25, 0.3) is 38.6 Å². The zero-order valence-corrected chi connectivity index (χ0v) is 19.8. The summed E-state index contributed by atoms with van der Waals surface area (Å²) in [5.41, 5.74) is 3.63. The lowest BCUT2D eigenvalue weighted by Gasteiger charge is -2.27. The van der Waals surface area contributed by atoms with Gasteiger partial charge in [0.15, 0.2) is 5.69 Å². The number of methoxy groups -OCH3 is 1. The maximum Gasteiger partial charge on any atom is 0.354 e. The van der Waals surface area contributed by atoms with Gasteiger partial charge in [-0.05, 0) is 48.5 Å². The van der Waals surface area contributed by atoms with Gasteiger partial charge in [-0.25, -0.2) is 14.2 Å². The number of carbonyl (C=O) groups is 1. The van der Waals surface area contributed by atoms with Gasteiger partial charge in [-0.3, -0.25) is 5.10 Å². The number of hydrogen-bond acceptors (Lipinski definition) is 5. The Morgan fingerprint density at radius 1 is 1.22 bits per heavy atom. The third-order valence-electron chi connectivity index (χ3n) is 6.32. The Kier molecular flexibility index (Phi) is 5.44. The van der Waals surface area contributed by atoms with Crippen LogP contribution in [0.2, 0.25) is 0 Å². The average Bonchev–Trinajstić information content (AvgIpc) is 3.44. The standard InChI is InChI=1S/C27H22FN5O3/c1-27(2,10-11-29)24-23(18-8-9-20(26(34)35)31-25(18)36-3)19-13-21-15(14-30-32-21)12-22(19)33(24)17-6-4-16(28)5-7-17/h4-9,12-14H,10H2,1-3H3,(H,30,32)(H,34,35). The third-order valence-corrected chi connectivity index (χ3v) is 6.32. The van der Waals surface area contributed by atoms with E-state index in [0.29, 0.717) is 11.3 Å². The molecule has 0 unspecified atom stereocenters. The predicted molar refractivity (Wildman–Crippen MR) is 133 cm³/mol. The zero-order chi connectivity index (χ0) is 25.6. The monoisotopic (exact) mass is 483 g/mol. The SMILES string of the molecule is COc1nc(C(=O)O)ccc1-c1c(C(C)(C)CC#N)n(-c2ccc(F)cc2)c2cc3cn[nH]c3cc12. The van der Waals surface area contributed by atoms with E-state index in [1.807, 2.05) is 30.5 Å². The molecule has 8 nitrogen and oxygen atoms in total. The Morgan fingerprint density at radius 2 is 1.97 bits per heavy atom. The summed E-state index contributed by atoms with van der Waals surface area (Å²) in [6, 6.07) is 15.5. The molecule has 9 heteroatoms. The number of halogens is 1. The van der Waals surface area contributed by atoms with Crippen LogP contribution in [-0.2, 0) is 5.41 Å². The molecule has 0 bridgehead atoms. The van der Waals surface area contributed by atoms with Gasteiger partial charge in [0.1, 0.15) is 5.82 Å². The second kappa shape index (κ2) is 8.50. The van der Waals surface area contributed by atoms with Gasteiger partial charge in [-0.15, -0.1) is 0 Å². The number of aromatic carboxylic acids is 1. The summed E-state index contributed by atoms with van der Waals surface area (Å²) in [5, 5.41) is 28.0. The van der Waals surface area contributed by atoms with E-state index < -0.39 is 11.4 Å². The maximum atomic E-state index is 13.9. The number of rotatable bonds is 6. The minimum Gasteiger partial charge on any atom is -0.481 e. The van der Waals surface area contributed by atoms with E-state index in [1.165, 1.54) is 25.3 Å². The van der Waals surface area contributed by atoms with Gasteiger partial charge in [0.05, 0.1) is 30.4 Å². The van der Waals surface area contributed by atoms with Crippen LogP contribution in [0.5, 0.6) is 5.88 Å². The fourth-order valence-corrected chi connectivity index (χ4v) is 4.68. The van der Waals surface area contributed by atoms with Crippen LogP contribution in [-0.4, -0.2) is 37.9 Å². The highest BCUT2D eigenvalue weighted by Gasteiger charge is 2.33. The first-order valence-corrected chi connectivity index (χ1v) is 11.2. The number of aromatic nitrogens is 4. The molecule has 0 atom stereocenters. The van der Waals surface area contributed by atoms with Gasteiger partial charge >= 0.3 is 5.97 Å². The van der Waals surface area contributed by atoms with E-state index in [2.05, 4.69) is 21.3 Å². The molecule has 3 aromatic heterocycles. The van der Waals surface area contributed by atoms with E-state index in [1.54, 1.807) is 24.4 Å². The molecule has 0 spiro atoms. The normalized spacial score (nSPS) is 11.6. The van der Waals surface area contributed by atoms with Crippen LogP contribution >= 0.6 is 0 Å². The number of carboxylic acid groups (broad SMARTS) is 1. The minimum absolute atomic E-state index is 0.145. The van der Waals surface area contributed by atoms with Crippen molar-refractivity contribution in [3.05, 3.63) is 71.9 Å². The number of fused-ring (bicyclic) bond motifs is 2. The average molecular weight is 484 g/mol.